The van der Waals surface area contributed by atoms with E-state index in [1.54, 1.807) is 6.07 Å². The Kier molecular flexibility index (Phi) is 2.49. The minimum absolute atomic E-state index is 0.181. The maximum absolute atomic E-state index is 13.8. The number of nitrogen functional groups attached to an aromatic ring is 1. The Morgan fingerprint density at radius 3 is 2.76 bits per heavy atom. The fraction of sp³-hybridized carbons (Fsp3) is 0.571. The number of halogens is 1. The van der Waals surface area contributed by atoms with Gasteiger partial charge in [0.1, 0.15) is 5.82 Å². The lowest BCUT2D eigenvalue weighted by Crippen LogP contribution is -2.26. The first-order valence-electron chi connectivity index (χ1n) is 6.46. The van der Waals surface area contributed by atoms with Crippen LogP contribution in [0.15, 0.2) is 12.1 Å². The quantitative estimate of drug-likeness (QED) is 0.770. The molecule has 0 spiro atoms. The van der Waals surface area contributed by atoms with Gasteiger partial charge in [-0.1, -0.05) is 6.42 Å². The highest BCUT2D eigenvalue weighted by molar-refractivity contribution is 5.64. The van der Waals surface area contributed by atoms with Gasteiger partial charge < -0.3 is 11.1 Å². The molecule has 3 N–H and O–H groups in total. The maximum atomic E-state index is 13.8. The molecule has 0 radical (unpaired) electrons. The summed E-state index contributed by atoms with van der Waals surface area (Å²) in [6.45, 7) is 1.88. The van der Waals surface area contributed by atoms with Gasteiger partial charge in [0, 0.05) is 11.7 Å². The zero-order chi connectivity index (χ0) is 12.0. The van der Waals surface area contributed by atoms with Gasteiger partial charge in [-0.05, 0) is 55.7 Å². The van der Waals surface area contributed by atoms with E-state index in [0.29, 0.717) is 17.4 Å². The van der Waals surface area contributed by atoms with Crippen molar-refractivity contribution in [2.45, 2.75) is 38.6 Å². The fourth-order valence-electron chi connectivity index (χ4n) is 3.48. The number of rotatable bonds is 2. The summed E-state index contributed by atoms with van der Waals surface area (Å²) in [6, 6.07) is 3.54. The van der Waals surface area contributed by atoms with Gasteiger partial charge in [0.2, 0.25) is 0 Å². The van der Waals surface area contributed by atoms with Crippen LogP contribution in [-0.4, -0.2) is 6.04 Å². The first-order valence-corrected chi connectivity index (χ1v) is 6.46. The highest BCUT2D eigenvalue weighted by Crippen LogP contribution is 2.46. The van der Waals surface area contributed by atoms with Gasteiger partial charge in [0.25, 0.3) is 0 Å². The van der Waals surface area contributed by atoms with Crippen LogP contribution >= 0.6 is 0 Å². The number of benzene rings is 1. The van der Waals surface area contributed by atoms with E-state index < -0.39 is 0 Å². The number of anilines is 2. The molecule has 3 atom stereocenters. The van der Waals surface area contributed by atoms with Crippen LogP contribution < -0.4 is 11.1 Å². The molecule has 2 fully saturated rings. The van der Waals surface area contributed by atoms with E-state index >= 15 is 0 Å². The van der Waals surface area contributed by atoms with Crippen molar-refractivity contribution in [2.75, 3.05) is 11.1 Å². The molecule has 92 valence electrons. The zero-order valence-electron chi connectivity index (χ0n) is 10.2. The van der Waals surface area contributed by atoms with Gasteiger partial charge in [0.15, 0.2) is 0 Å². The molecule has 0 saturated heterocycles. The number of nitrogens with two attached hydrogens (primary N) is 1. The van der Waals surface area contributed by atoms with E-state index in [9.17, 15) is 4.39 Å². The van der Waals surface area contributed by atoms with Crippen molar-refractivity contribution >= 4 is 11.4 Å². The van der Waals surface area contributed by atoms with Crippen LogP contribution in [0.1, 0.15) is 31.2 Å². The average molecular weight is 234 g/mol. The van der Waals surface area contributed by atoms with Gasteiger partial charge in [-0.15, -0.1) is 0 Å². The second-order valence-corrected chi connectivity index (χ2v) is 5.56. The molecule has 1 aromatic rings. The summed E-state index contributed by atoms with van der Waals surface area (Å²) >= 11 is 0. The molecule has 3 heteroatoms. The Labute approximate surface area is 101 Å². The lowest BCUT2D eigenvalue weighted by atomic mass is 9.95. The van der Waals surface area contributed by atoms with Crippen molar-refractivity contribution in [1.82, 2.24) is 0 Å². The summed E-state index contributed by atoms with van der Waals surface area (Å²) < 4.78 is 13.8. The van der Waals surface area contributed by atoms with Crippen LogP contribution in [0.25, 0.3) is 0 Å². The van der Waals surface area contributed by atoms with E-state index in [2.05, 4.69) is 5.32 Å². The molecule has 2 aliphatic rings. The standard InChI is InChI=1S/C14H19FN2/c1-8-12(16)5-4-11(15)14(8)17-13-7-9-2-3-10(13)6-9/h4-5,9-10,13,17H,2-3,6-7,16H2,1H3. The molecular weight excluding hydrogens is 215 g/mol. The molecule has 3 rings (SSSR count). The molecular formula is C14H19FN2. The van der Waals surface area contributed by atoms with E-state index in [1.165, 1.54) is 31.7 Å². The third kappa shape index (κ3) is 1.78. The van der Waals surface area contributed by atoms with E-state index in [1.807, 2.05) is 6.92 Å². The van der Waals surface area contributed by atoms with Crippen LogP contribution in [0, 0.1) is 24.6 Å². The Balaban J connectivity index is 1.83. The normalized spacial score (nSPS) is 30.8. The minimum atomic E-state index is -0.181. The SMILES string of the molecule is Cc1c(N)ccc(F)c1NC1CC2CCC1C2. The van der Waals surface area contributed by atoms with Crippen LogP contribution in [0.4, 0.5) is 15.8 Å². The van der Waals surface area contributed by atoms with Crippen LogP contribution in [0.3, 0.4) is 0 Å². The van der Waals surface area contributed by atoms with Crippen molar-refractivity contribution in [1.29, 1.82) is 0 Å². The zero-order valence-corrected chi connectivity index (χ0v) is 10.2. The van der Waals surface area contributed by atoms with Crippen molar-refractivity contribution in [3.8, 4) is 0 Å². The molecule has 2 bridgehead atoms. The van der Waals surface area contributed by atoms with E-state index in [0.717, 1.165) is 17.4 Å². The third-order valence-electron chi connectivity index (χ3n) is 4.52. The number of nitrogens with one attached hydrogen (secondary N) is 1. The van der Waals surface area contributed by atoms with E-state index in [4.69, 9.17) is 5.73 Å². The highest BCUT2D eigenvalue weighted by atomic mass is 19.1. The topological polar surface area (TPSA) is 38.0 Å². The van der Waals surface area contributed by atoms with Crippen LogP contribution in [-0.2, 0) is 0 Å². The first-order chi connectivity index (χ1) is 8.15. The molecule has 0 aliphatic heterocycles. The molecule has 2 saturated carbocycles. The number of fused-ring (bicyclic) bond motifs is 2. The second kappa shape index (κ2) is 3.90. The predicted molar refractivity (Wildman–Crippen MR) is 68.4 cm³/mol. The van der Waals surface area contributed by atoms with Gasteiger partial charge in [-0.3, -0.25) is 0 Å². The summed E-state index contributed by atoms with van der Waals surface area (Å²) in [4.78, 5) is 0. The average Bonchev–Trinajstić information content (AvgIpc) is 2.91. The third-order valence-corrected chi connectivity index (χ3v) is 4.52. The summed E-state index contributed by atoms with van der Waals surface area (Å²) in [7, 11) is 0. The maximum Gasteiger partial charge on any atom is 0.146 e. The molecule has 2 aliphatic carbocycles. The van der Waals surface area contributed by atoms with Crippen LogP contribution in [0.2, 0.25) is 0 Å². The summed E-state index contributed by atoms with van der Waals surface area (Å²) in [5.74, 6) is 1.42. The predicted octanol–water partition coefficient (Wildman–Crippen LogP) is 3.32. The summed E-state index contributed by atoms with van der Waals surface area (Å²) in [5.41, 5.74) is 7.95. The first kappa shape index (κ1) is 10.9. The Morgan fingerprint density at radius 2 is 2.12 bits per heavy atom. The fourth-order valence-corrected chi connectivity index (χ4v) is 3.48. The molecule has 17 heavy (non-hydrogen) atoms. The smallest absolute Gasteiger partial charge is 0.146 e. The lowest BCUT2D eigenvalue weighted by molar-refractivity contribution is 0.438. The Morgan fingerprint density at radius 1 is 1.29 bits per heavy atom. The molecule has 1 aromatic carbocycles. The van der Waals surface area contributed by atoms with Crippen molar-refractivity contribution in [3.05, 3.63) is 23.5 Å². The van der Waals surface area contributed by atoms with Crippen molar-refractivity contribution in [2.24, 2.45) is 11.8 Å². The van der Waals surface area contributed by atoms with E-state index in [-0.39, 0.29) is 5.82 Å². The Hall–Kier alpha value is -1.25. The van der Waals surface area contributed by atoms with Gasteiger partial charge >= 0.3 is 0 Å². The van der Waals surface area contributed by atoms with Crippen molar-refractivity contribution in [3.63, 3.8) is 0 Å². The van der Waals surface area contributed by atoms with Crippen LogP contribution in [0.5, 0.6) is 0 Å². The van der Waals surface area contributed by atoms with Crippen molar-refractivity contribution < 1.29 is 4.39 Å². The molecule has 0 aromatic heterocycles. The summed E-state index contributed by atoms with van der Waals surface area (Å²) in [6.07, 6.45) is 5.17. The highest BCUT2D eigenvalue weighted by Gasteiger charge is 2.39. The second-order valence-electron chi connectivity index (χ2n) is 5.56. The van der Waals surface area contributed by atoms with Gasteiger partial charge in [-0.2, -0.15) is 0 Å². The largest absolute Gasteiger partial charge is 0.398 e. The minimum Gasteiger partial charge on any atom is -0.398 e. The Bertz CT molecular complexity index is 444. The van der Waals surface area contributed by atoms with Gasteiger partial charge in [-0.25, -0.2) is 4.39 Å². The number of hydrogen-bond acceptors (Lipinski definition) is 2. The molecule has 3 unspecified atom stereocenters. The molecule has 2 nitrogen and oxygen atoms in total. The number of hydrogen-bond donors (Lipinski definition) is 2. The van der Waals surface area contributed by atoms with Gasteiger partial charge in [0.05, 0.1) is 5.69 Å². The summed E-state index contributed by atoms with van der Waals surface area (Å²) in [5, 5.41) is 3.39. The lowest BCUT2D eigenvalue weighted by Gasteiger charge is -2.25. The molecule has 0 heterocycles. The monoisotopic (exact) mass is 234 g/mol. The molecule has 0 amide bonds.